The van der Waals surface area contributed by atoms with Crippen molar-refractivity contribution in [2.75, 3.05) is 6.54 Å². The molecule has 2 aromatic rings. The molecule has 2 aliphatic carbocycles. The van der Waals surface area contributed by atoms with Crippen LogP contribution in [0, 0.1) is 12.8 Å². The van der Waals surface area contributed by atoms with Gasteiger partial charge in [0.1, 0.15) is 34.8 Å². The van der Waals surface area contributed by atoms with Gasteiger partial charge in [-0.1, -0.05) is 37.1 Å². The lowest BCUT2D eigenvalue weighted by Crippen LogP contribution is -2.58. The van der Waals surface area contributed by atoms with Gasteiger partial charge >= 0.3 is 12.2 Å². The van der Waals surface area contributed by atoms with Crippen LogP contribution in [0.4, 0.5) is 4.79 Å². The zero-order chi connectivity index (χ0) is 35.1. The first-order valence-electron chi connectivity index (χ1n) is 17.0. The molecule has 2 saturated carbocycles. The maximum absolute atomic E-state index is 14.3. The van der Waals surface area contributed by atoms with E-state index < -0.39 is 74.3 Å². The highest BCUT2D eigenvalue weighted by Crippen LogP contribution is 2.46. The van der Waals surface area contributed by atoms with E-state index in [1.807, 2.05) is 31.2 Å². The van der Waals surface area contributed by atoms with Crippen molar-refractivity contribution in [1.29, 1.82) is 0 Å². The molecular weight excluding hydrogens is 654 g/mol. The van der Waals surface area contributed by atoms with Crippen LogP contribution in [0.2, 0.25) is 0 Å². The number of hydrogen-bond donors (Lipinski definition) is 3. The third-order valence-corrected chi connectivity index (χ3v) is 11.2. The highest BCUT2D eigenvalue weighted by molar-refractivity contribution is 7.91. The van der Waals surface area contributed by atoms with Crippen LogP contribution >= 0.6 is 0 Å². The van der Waals surface area contributed by atoms with E-state index >= 15 is 0 Å². The van der Waals surface area contributed by atoms with Crippen LogP contribution in [0.15, 0.2) is 34.8 Å². The summed E-state index contributed by atoms with van der Waals surface area (Å²) < 4.78 is 45.1. The van der Waals surface area contributed by atoms with Gasteiger partial charge in [-0.15, -0.1) is 0 Å². The molecule has 3 N–H and O–H groups in total. The van der Waals surface area contributed by atoms with E-state index in [1.54, 1.807) is 26.8 Å². The lowest BCUT2D eigenvalue weighted by molar-refractivity contribution is -0.141. The molecule has 1 saturated heterocycles. The predicted molar refractivity (Wildman–Crippen MR) is 178 cm³/mol. The van der Waals surface area contributed by atoms with Crippen molar-refractivity contribution in [3.05, 3.63) is 35.9 Å². The molecule has 14 nitrogen and oxygen atoms in total. The Kier molecular flexibility index (Phi) is 9.42. The summed E-state index contributed by atoms with van der Waals surface area (Å²) in [5.74, 6) is -2.34. The topological polar surface area (TPSA) is 186 Å². The molecule has 0 unspecified atom stereocenters. The number of ether oxygens (including phenoxy) is 2. The molecule has 6 rings (SSSR count). The Balaban J connectivity index is 1.29. The second kappa shape index (κ2) is 13.3. The number of allylic oxidation sites excluding steroid dienone is 1. The Labute approximate surface area is 285 Å². The molecule has 0 spiro atoms. The van der Waals surface area contributed by atoms with Crippen LogP contribution in [0.25, 0.3) is 11.1 Å². The fourth-order valence-corrected chi connectivity index (χ4v) is 7.92. The van der Waals surface area contributed by atoms with E-state index in [9.17, 15) is 27.6 Å². The number of rotatable bonds is 6. The van der Waals surface area contributed by atoms with Crippen molar-refractivity contribution in [1.82, 2.24) is 25.2 Å². The second-order valence-corrected chi connectivity index (χ2v) is 16.6. The molecule has 4 aliphatic rings. The van der Waals surface area contributed by atoms with Gasteiger partial charge in [-0.25, -0.2) is 13.2 Å². The normalized spacial score (nSPS) is 28.7. The molecule has 0 bridgehead atoms. The van der Waals surface area contributed by atoms with E-state index in [0.717, 1.165) is 18.4 Å². The molecule has 1 aromatic heterocycles. The summed E-state index contributed by atoms with van der Waals surface area (Å²) >= 11 is 0. The maximum Gasteiger partial charge on any atom is 0.408 e. The number of nitrogens with zero attached hydrogens (tertiary/aromatic N) is 2. The van der Waals surface area contributed by atoms with Crippen LogP contribution in [0.3, 0.4) is 0 Å². The summed E-state index contributed by atoms with van der Waals surface area (Å²) in [5, 5.41) is 4.94. The molecule has 4 amide bonds. The Hall–Kier alpha value is -4.14. The number of carbonyl (C=O) groups is 4. The van der Waals surface area contributed by atoms with Gasteiger partial charge in [0.25, 0.3) is 5.91 Å². The minimum Gasteiger partial charge on any atom is -0.445 e. The zero-order valence-corrected chi connectivity index (χ0v) is 29.1. The second-order valence-electron chi connectivity index (χ2n) is 14.6. The smallest absolute Gasteiger partial charge is 0.408 e. The Morgan fingerprint density at radius 1 is 1.12 bits per heavy atom. The lowest BCUT2D eigenvalue weighted by Gasteiger charge is -2.30. The summed E-state index contributed by atoms with van der Waals surface area (Å²) in [6.45, 7) is 7.04. The Bertz CT molecular complexity index is 1760. The number of para-hydroxylation sites is 1. The number of nitrogens with one attached hydrogen (secondary N) is 3. The first kappa shape index (κ1) is 34.7. The molecule has 3 heterocycles. The van der Waals surface area contributed by atoms with Crippen LogP contribution < -0.4 is 20.1 Å². The minimum absolute atomic E-state index is 0.0122. The van der Waals surface area contributed by atoms with Gasteiger partial charge in [0.2, 0.25) is 21.8 Å². The fraction of sp³-hybridized carbons (Fsp3) is 0.618. The number of aromatic nitrogens is 1. The first-order chi connectivity index (χ1) is 23.1. The van der Waals surface area contributed by atoms with Gasteiger partial charge < -0.3 is 29.4 Å². The molecule has 2 aliphatic heterocycles. The zero-order valence-electron chi connectivity index (χ0n) is 28.3. The third kappa shape index (κ3) is 7.86. The molecule has 15 heteroatoms. The maximum atomic E-state index is 14.3. The standard InChI is InChI=1S/C34H45N5O9S/c1-20-11-10-14-26-27(20)36-32(47-26)46-22-17-25-28(40)37-34(30(42)38-49(44,45)23-15-16-23)18-21(34)12-8-6-5-7-9-13-24(29(41)39(25)19-22)35-31(43)48-33(2,3)4/h8,10-12,14,21-25H,5-7,9,13,15-19H2,1-4H3,(H,35,43)(H,37,40)(H,38,42)/b12-8-/t21-,22-,24+,25+,34-/m1/s1. The molecule has 1 aromatic carbocycles. The van der Waals surface area contributed by atoms with Gasteiger partial charge in [0.05, 0.1) is 11.8 Å². The molecule has 49 heavy (non-hydrogen) atoms. The van der Waals surface area contributed by atoms with Gasteiger partial charge in [0.15, 0.2) is 5.58 Å². The molecule has 266 valence electrons. The number of aryl methyl sites for hydroxylation is 1. The van der Waals surface area contributed by atoms with Gasteiger partial charge in [-0.3, -0.25) is 19.1 Å². The first-order valence-corrected chi connectivity index (χ1v) is 18.6. The van der Waals surface area contributed by atoms with Crippen molar-refractivity contribution in [2.24, 2.45) is 5.92 Å². The summed E-state index contributed by atoms with van der Waals surface area (Å²) in [5.41, 5.74) is -0.242. The number of alkyl carbamates (subject to hydrolysis) is 1. The van der Waals surface area contributed by atoms with Crippen molar-refractivity contribution in [3.63, 3.8) is 0 Å². The number of amides is 4. The molecule has 0 radical (unpaired) electrons. The average Bonchev–Trinajstić information content (AvgIpc) is 3.90. The van der Waals surface area contributed by atoms with Crippen molar-refractivity contribution >= 4 is 44.9 Å². The fourth-order valence-electron chi connectivity index (χ4n) is 6.56. The van der Waals surface area contributed by atoms with Crippen LogP contribution in [0.1, 0.15) is 84.1 Å². The quantitative estimate of drug-likeness (QED) is 0.378. The van der Waals surface area contributed by atoms with Gasteiger partial charge in [0, 0.05) is 12.3 Å². The van der Waals surface area contributed by atoms with E-state index in [2.05, 4.69) is 20.3 Å². The average molecular weight is 700 g/mol. The van der Waals surface area contributed by atoms with E-state index in [0.29, 0.717) is 43.2 Å². The van der Waals surface area contributed by atoms with Crippen LogP contribution in [-0.2, 0) is 29.1 Å². The monoisotopic (exact) mass is 699 g/mol. The van der Waals surface area contributed by atoms with Crippen molar-refractivity contribution in [2.45, 2.75) is 120 Å². The summed E-state index contributed by atoms with van der Waals surface area (Å²) in [6, 6.07) is 3.39. The number of sulfonamides is 1. The summed E-state index contributed by atoms with van der Waals surface area (Å²) in [7, 11) is -3.88. The van der Waals surface area contributed by atoms with Gasteiger partial charge in [-0.05, 0) is 77.8 Å². The van der Waals surface area contributed by atoms with Crippen LogP contribution in [-0.4, -0.2) is 83.2 Å². The predicted octanol–water partition coefficient (Wildman–Crippen LogP) is 3.38. The van der Waals surface area contributed by atoms with Crippen LogP contribution in [0.5, 0.6) is 6.08 Å². The minimum atomic E-state index is -3.88. The largest absolute Gasteiger partial charge is 0.445 e. The Morgan fingerprint density at radius 2 is 1.90 bits per heavy atom. The number of oxazole rings is 1. The molecule has 3 fully saturated rings. The molecule has 5 atom stereocenters. The number of carbonyl (C=O) groups excluding carboxylic acids is 4. The highest BCUT2D eigenvalue weighted by Gasteiger charge is 2.62. The summed E-state index contributed by atoms with van der Waals surface area (Å²) in [4.78, 5) is 60.7. The molecular formula is C34H45N5O9S. The number of fused-ring (bicyclic) bond motifs is 3. The van der Waals surface area contributed by atoms with Crippen molar-refractivity contribution in [3.8, 4) is 6.08 Å². The van der Waals surface area contributed by atoms with Crippen molar-refractivity contribution < 1.29 is 41.5 Å². The third-order valence-electron chi connectivity index (χ3n) is 9.40. The Morgan fingerprint density at radius 3 is 2.61 bits per heavy atom. The number of benzene rings is 1. The van der Waals surface area contributed by atoms with E-state index in [4.69, 9.17) is 13.9 Å². The van der Waals surface area contributed by atoms with Gasteiger partial charge in [-0.2, -0.15) is 4.98 Å². The van der Waals surface area contributed by atoms with E-state index in [-0.39, 0.29) is 25.5 Å². The lowest BCUT2D eigenvalue weighted by atomic mass is 10.0. The SMILES string of the molecule is Cc1cccc2oc(O[C@@H]3C[C@H]4C(=O)N[C@]5(C(=O)NS(=O)(=O)C6CC6)C[C@H]5/C=C\CCCCC[C@H](NC(=O)OC(C)(C)C)C(=O)N4C3)nc12. The van der Waals surface area contributed by atoms with E-state index in [1.165, 1.54) is 4.90 Å². The number of hydrogen-bond acceptors (Lipinski definition) is 10. The summed E-state index contributed by atoms with van der Waals surface area (Å²) in [6.07, 6.45) is 6.72. The highest BCUT2D eigenvalue weighted by atomic mass is 32.2.